The van der Waals surface area contributed by atoms with E-state index in [1.807, 2.05) is 0 Å². The Morgan fingerprint density at radius 3 is 2.39 bits per heavy atom. The van der Waals surface area contributed by atoms with Gasteiger partial charge in [-0.3, -0.25) is 4.79 Å². The minimum Gasteiger partial charge on any atom is -0.394 e. The van der Waals surface area contributed by atoms with Gasteiger partial charge in [-0.2, -0.15) is 0 Å². The van der Waals surface area contributed by atoms with Gasteiger partial charge in [0.15, 0.2) is 6.29 Å². The third-order valence-corrected chi connectivity index (χ3v) is 4.03. The van der Waals surface area contributed by atoms with Crippen LogP contribution in [0.3, 0.4) is 0 Å². The van der Waals surface area contributed by atoms with Crippen molar-refractivity contribution in [3.63, 3.8) is 0 Å². The fourth-order valence-corrected chi connectivity index (χ4v) is 2.69. The van der Waals surface area contributed by atoms with Crippen molar-refractivity contribution < 1.29 is 29.6 Å². The molecule has 1 aliphatic heterocycles. The van der Waals surface area contributed by atoms with Gasteiger partial charge in [-0.1, -0.05) is 39.0 Å². The second-order valence-corrected chi connectivity index (χ2v) is 6.07. The van der Waals surface area contributed by atoms with Crippen molar-refractivity contribution in [1.82, 2.24) is 5.32 Å². The van der Waals surface area contributed by atoms with Crippen LogP contribution < -0.4 is 5.32 Å². The van der Waals surface area contributed by atoms with Crippen molar-refractivity contribution in [3.8, 4) is 0 Å². The zero-order chi connectivity index (χ0) is 17.2. The van der Waals surface area contributed by atoms with Crippen LogP contribution in [0.15, 0.2) is 0 Å². The highest BCUT2D eigenvalue weighted by Gasteiger charge is 2.45. The van der Waals surface area contributed by atoms with Crippen molar-refractivity contribution in [2.45, 2.75) is 83.0 Å². The molecule has 1 heterocycles. The molecule has 5 atom stereocenters. The molecule has 1 aliphatic rings. The summed E-state index contributed by atoms with van der Waals surface area (Å²) in [4.78, 5) is 11.3. The molecule has 0 aromatic carbocycles. The Bertz CT molecular complexity index is 341. The van der Waals surface area contributed by atoms with Crippen molar-refractivity contribution >= 4 is 5.91 Å². The smallest absolute Gasteiger partial charge is 0.217 e. The number of aliphatic hydroxyl groups excluding tert-OH is 3. The zero-order valence-electron chi connectivity index (χ0n) is 14.1. The zero-order valence-corrected chi connectivity index (χ0v) is 14.1. The molecule has 0 aromatic heterocycles. The van der Waals surface area contributed by atoms with Gasteiger partial charge in [0.05, 0.1) is 6.61 Å². The van der Waals surface area contributed by atoms with Gasteiger partial charge in [0.25, 0.3) is 0 Å². The molecule has 1 fully saturated rings. The highest BCUT2D eigenvalue weighted by Crippen LogP contribution is 2.22. The van der Waals surface area contributed by atoms with Gasteiger partial charge in [-0.15, -0.1) is 0 Å². The van der Waals surface area contributed by atoms with E-state index in [0.29, 0.717) is 6.61 Å². The van der Waals surface area contributed by atoms with E-state index >= 15 is 0 Å². The van der Waals surface area contributed by atoms with Crippen molar-refractivity contribution in [2.75, 3.05) is 13.2 Å². The van der Waals surface area contributed by atoms with Crippen LogP contribution in [0.25, 0.3) is 0 Å². The van der Waals surface area contributed by atoms with Crippen LogP contribution >= 0.6 is 0 Å². The average Bonchev–Trinajstić information content (AvgIpc) is 2.52. The van der Waals surface area contributed by atoms with Gasteiger partial charge < -0.3 is 30.1 Å². The van der Waals surface area contributed by atoms with Gasteiger partial charge >= 0.3 is 0 Å². The standard InChI is InChI=1S/C16H31NO6/c1-3-4-5-6-7-8-9-22-16-13(17-11(2)19)15(21)14(20)12(10-18)23-16/h12-16,18,20-21H,3-10H2,1-2H3,(H,17,19)/t12-,13+,14-,15-,16-/m1/s1. The summed E-state index contributed by atoms with van der Waals surface area (Å²) in [5, 5.41) is 31.8. The summed E-state index contributed by atoms with van der Waals surface area (Å²) in [5.41, 5.74) is 0. The molecule has 0 saturated carbocycles. The molecule has 1 saturated heterocycles. The maximum Gasteiger partial charge on any atom is 0.217 e. The third-order valence-electron chi connectivity index (χ3n) is 4.03. The van der Waals surface area contributed by atoms with E-state index in [1.54, 1.807) is 0 Å². The van der Waals surface area contributed by atoms with E-state index in [4.69, 9.17) is 9.47 Å². The maximum atomic E-state index is 11.3. The molecule has 7 nitrogen and oxygen atoms in total. The first-order valence-corrected chi connectivity index (χ1v) is 8.52. The molecule has 0 unspecified atom stereocenters. The lowest BCUT2D eigenvalue weighted by Gasteiger charge is -2.42. The van der Waals surface area contributed by atoms with Crippen LogP contribution in [0.2, 0.25) is 0 Å². The normalized spacial score (nSPS) is 31.1. The second-order valence-electron chi connectivity index (χ2n) is 6.07. The lowest BCUT2D eigenvalue weighted by Crippen LogP contribution is -2.64. The molecule has 7 heteroatoms. The van der Waals surface area contributed by atoms with Gasteiger partial charge in [-0.05, 0) is 6.42 Å². The monoisotopic (exact) mass is 333 g/mol. The second kappa shape index (κ2) is 10.9. The van der Waals surface area contributed by atoms with Crippen molar-refractivity contribution in [3.05, 3.63) is 0 Å². The van der Waals surface area contributed by atoms with Crippen LogP contribution in [0.5, 0.6) is 0 Å². The number of hydrogen-bond donors (Lipinski definition) is 4. The minimum atomic E-state index is -1.27. The topological polar surface area (TPSA) is 108 Å². The minimum absolute atomic E-state index is 0.347. The average molecular weight is 333 g/mol. The summed E-state index contributed by atoms with van der Waals surface area (Å²) in [6, 6.07) is -0.856. The first kappa shape index (κ1) is 20.3. The number of aliphatic hydroxyl groups is 3. The molecule has 1 rings (SSSR count). The van der Waals surface area contributed by atoms with Gasteiger partial charge in [0.2, 0.25) is 5.91 Å². The largest absolute Gasteiger partial charge is 0.394 e. The lowest BCUT2D eigenvalue weighted by atomic mass is 9.97. The Labute approximate surface area is 138 Å². The Morgan fingerprint density at radius 2 is 1.78 bits per heavy atom. The first-order chi connectivity index (χ1) is 11.0. The van der Waals surface area contributed by atoms with E-state index < -0.39 is 37.3 Å². The maximum absolute atomic E-state index is 11.3. The van der Waals surface area contributed by atoms with E-state index in [0.717, 1.165) is 19.3 Å². The van der Waals surface area contributed by atoms with Gasteiger partial charge in [0.1, 0.15) is 24.4 Å². The molecule has 0 radical (unpaired) electrons. The summed E-state index contributed by atoms with van der Waals surface area (Å²) >= 11 is 0. The number of carbonyl (C=O) groups is 1. The number of carbonyl (C=O) groups excluding carboxylic acids is 1. The molecule has 4 N–H and O–H groups in total. The molecule has 0 aromatic rings. The third kappa shape index (κ3) is 6.73. The molecule has 0 aliphatic carbocycles. The number of unbranched alkanes of at least 4 members (excludes halogenated alkanes) is 5. The van der Waals surface area contributed by atoms with E-state index in [2.05, 4.69) is 12.2 Å². The molecule has 136 valence electrons. The van der Waals surface area contributed by atoms with Gasteiger partial charge in [-0.25, -0.2) is 0 Å². The fourth-order valence-electron chi connectivity index (χ4n) is 2.69. The first-order valence-electron chi connectivity index (χ1n) is 8.52. The SMILES string of the molecule is CCCCCCCCO[C@@H]1O[C@H](CO)[C@@H](O)[C@H](O)[C@@H]1NC(C)=O. The number of ether oxygens (including phenoxy) is 2. The lowest BCUT2D eigenvalue weighted by molar-refractivity contribution is -0.270. The number of amides is 1. The summed E-state index contributed by atoms with van der Waals surface area (Å²) < 4.78 is 11.1. The molecule has 0 bridgehead atoms. The van der Waals surface area contributed by atoms with Crippen LogP contribution in [0.4, 0.5) is 0 Å². The molecule has 0 spiro atoms. The predicted molar refractivity (Wildman–Crippen MR) is 84.7 cm³/mol. The number of rotatable bonds is 10. The van der Waals surface area contributed by atoms with Crippen molar-refractivity contribution in [1.29, 1.82) is 0 Å². The van der Waals surface area contributed by atoms with E-state index in [9.17, 15) is 20.1 Å². The van der Waals surface area contributed by atoms with Crippen LogP contribution in [-0.2, 0) is 14.3 Å². The number of nitrogens with one attached hydrogen (secondary N) is 1. The highest BCUT2D eigenvalue weighted by atomic mass is 16.7. The Balaban J connectivity index is 2.45. The molecular formula is C16H31NO6. The van der Waals surface area contributed by atoms with E-state index in [1.165, 1.54) is 26.2 Å². The van der Waals surface area contributed by atoms with Crippen LogP contribution in [0, 0.1) is 0 Å². The summed E-state index contributed by atoms with van der Waals surface area (Å²) in [6.07, 6.45) is 2.37. The quantitative estimate of drug-likeness (QED) is 0.429. The van der Waals surface area contributed by atoms with Crippen LogP contribution in [0.1, 0.15) is 52.4 Å². The fraction of sp³-hybridized carbons (Fsp3) is 0.938. The van der Waals surface area contributed by atoms with Gasteiger partial charge in [0, 0.05) is 13.5 Å². The van der Waals surface area contributed by atoms with Crippen molar-refractivity contribution in [2.24, 2.45) is 0 Å². The molecular weight excluding hydrogens is 302 g/mol. The Hall–Kier alpha value is -0.730. The summed E-state index contributed by atoms with van der Waals surface area (Å²) in [6.45, 7) is 3.50. The summed E-state index contributed by atoms with van der Waals surface area (Å²) in [5.74, 6) is -0.347. The number of hydrogen-bond acceptors (Lipinski definition) is 6. The highest BCUT2D eigenvalue weighted by molar-refractivity contribution is 5.73. The predicted octanol–water partition coefficient (Wildman–Crippen LogP) is 0.307. The molecule has 1 amide bonds. The molecule has 23 heavy (non-hydrogen) atoms. The summed E-state index contributed by atoms with van der Waals surface area (Å²) in [7, 11) is 0. The van der Waals surface area contributed by atoms with Crippen LogP contribution in [-0.4, -0.2) is 65.1 Å². The Kier molecular flexibility index (Phi) is 9.66. The van der Waals surface area contributed by atoms with E-state index in [-0.39, 0.29) is 5.91 Å². The Morgan fingerprint density at radius 1 is 1.13 bits per heavy atom.